The molecule has 0 saturated heterocycles. The molecule has 1 amide bonds. The topological polar surface area (TPSA) is 66.5 Å². The summed E-state index contributed by atoms with van der Waals surface area (Å²) in [5.41, 5.74) is 4.75. The maximum Gasteiger partial charge on any atom is 0.265 e. The molecule has 0 unspecified atom stereocenters. The third-order valence-electron chi connectivity index (χ3n) is 5.52. The minimum absolute atomic E-state index is 0.205. The average Bonchev–Trinajstić information content (AvgIpc) is 2.77. The zero-order valence-corrected chi connectivity index (χ0v) is 19.8. The van der Waals surface area contributed by atoms with Gasteiger partial charge in [0, 0.05) is 21.3 Å². The summed E-state index contributed by atoms with van der Waals surface area (Å²) in [5, 5.41) is 2.98. The molecule has 0 bridgehead atoms. The molecule has 1 aliphatic heterocycles. The molecule has 7 heteroatoms. The van der Waals surface area contributed by atoms with Gasteiger partial charge in [-0.3, -0.25) is 9.10 Å². The van der Waals surface area contributed by atoms with Gasteiger partial charge < -0.3 is 5.32 Å². The summed E-state index contributed by atoms with van der Waals surface area (Å²) in [4.78, 5) is 13.3. The molecule has 1 aliphatic rings. The third-order valence-corrected chi connectivity index (χ3v) is 7.83. The van der Waals surface area contributed by atoms with E-state index in [2.05, 4.69) is 21.2 Å². The molecule has 0 radical (unpaired) electrons. The van der Waals surface area contributed by atoms with E-state index in [1.807, 2.05) is 44.2 Å². The zero-order chi connectivity index (χ0) is 22.2. The van der Waals surface area contributed by atoms with Crippen molar-refractivity contribution in [3.8, 4) is 11.1 Å². The van der Waals surface area contributed by atoms with Gasteiger partial charge in [-0.15, -0.1) is 0 Å². The van der Waals surface area contributed by atoms with E-state index >= 15 is 0 Å². The van der Waals surface area contributed by atoms with E-state index < -0.39 is 10.0 Å². The van der Waals surface area contributed by atoms with Crippen molar-refractivity contribution in [2.45, 2.75) is 31.6 Å². The maximum atomic E-state index is 13.4. The number of anilines is 2. The number of carbonyl (C=O) groups excluding carboxylic acids is 1. The van der Waals surface area contributed by atoms with Gasteiger partial charge in [0.1, 0.15) is 6.54 Å². The first-order valence-electron chi connectivity index (χ1n) is 10.2. The Labute approximate surface area is 191 Å². The predicted octanol–water partition coefficient (Wildman–Crippen LogP) is 5.39. The number of sulfonamides is 1. The first kappa shape index (κ1) is 21.6. The Hall–Kier alpha value is -2.64. The van der Waals surface area contributed by atoms with E-state index in [0.29, 0.717) is 11.3 Å². The summed E-state index contributed by atoms with van der Waals surface area (Å²) in [6.07, 6.45) is 1.55. The van der Waals surface area contributed by atoms with Crippen molar-refractivity contribution < 1.29 is 13.2 Å². The number of benzene rings is 3. The lowest BCUT2D eigenvalue weighted by atomic mass is 10.0. The molecule has 0 spiro atoms. The minimum atomic E-state index is -3.87. The van der Waals surface area contributed by atoms with Crippen LogP contribution in [0.2, 0.25) is 0 Å². The molecule has 5 nitrogen and oxygen atoms in total. The van der Waals surface area contributed by atoms with E-state index in [4.69, 9.17) is 0 Å². The van der Waals surface area contributed by atoms with Crippen LogP contribution in [-0.4, -0.2) is 20.9 Å². The van der Waals surface area contributed by atoms with Crippen molar-refractivity contribution in [2.75, 3.05) is 16.2 Å². The van der Waals surface area contributed by atoms with Gasteiger partial charge in [-0.1, -0.05) is 66.2 Å². The van der Waals surface area contributed by atoms with E-state index in [-0.39, 0.29) is 17.3 Å². The molecular formula is C24H23BrN2O3S. The van der Waals surface area contributed by atoms with Crippen molar-refractivity contribution in [1.82, 2.24) is 0 Å². The molecule has 0 aliphatic carbocycles. The summed E-state index contributed by atoms with van der Waals surface area (Å²) in [6, 6.07) is 18.2. The van der Waals surface area contributed by atoms with Gasteiger partial charge in [-0.05, 0) is 48.2 Å². The predicted molar refractivity (Wildman–Crippen MR) is 128 cm³/mol. The van der Waals surface area contributed by atoms with Crippen molar-refractivity contribution in [3.05, 3.63) is 76.3 Å². The monoisotopic (exact) mass is 498 g/mol. The molecule has 0 atom stereocenters. The second-order valence-electron chi connectivity index (χ2n) is 7.38. The Balaban J connectivity index is 1.74. The van der Waals surface area contributed by atoms with Crippen LogP contribution in [0.5, 0.6) is 0 Å². The van der Waals surface area contributed by atoms with Crippen LogP contribution >= 0.6 is 15.9 Å². The summed E-state index contributed by atoms with van der Waals surface area (Å²) in [5.74, 6) is -0.368. The van der Waals surface area contributed by atoms with Gasteiger partial charge in [0.05, 0.1) is 10.6 Å². The van der Waals surface area contributed by atoms with E-state index in [9.17, 15) is 13.2 Å². The lowest BCUT2D eigenvalue weighted by Gasteiger charge is -2.32. The lowest BCUT2D eigenvalue weighted by Crippen LogP contribution is -2.40. The number of halogens is 1. The largest absolute Gasteiger partial charge is 0.324 e. The highest BCUT2D eigenvalue weighted by atomic mass is 79.9. The third kappa shape index (κ3) is 3.88. The number of hydrogen-bond acceptors (Lipinski definition) is 3. The Morgan fingerprint density at radius 1 is 0.935 bits per heavy atom. The molecule has 3 aromatic rings. The van der Waals surface area contributed by atoms with Crippen molar-refractivity contribution in [3.63, 3.8) is 0 Å². The molecule has 31 heavy (non-hydrogen) atoms. The number of aryl methyl sites for hydroxylation is 2. The van der Waals surface area contributed by atoms with Gasteiger partial charge in [0.25, 0.3) is 10.0 Å². The normalized spacial score (nSPS) is 14.0. The van der Waals surface area contributed by atoms with Gasteiger partial charge in [0.2, 0.25) is 5.91 Å². The zero-order valence-electron chi connectivity index (χ0n) is 17.4. The van der Waals surface area contributed by atoms with E-state index in [0.717, 1.165) is 39.7 Å². The number of para-hydroxylation sites is 1. The number of nitrogens with one attached hydrogen (secondary N) is 1. The number of amides is 1. The molecule has 160 valence electrons. The van der Waals surface area contributed by atoms with Gasteiger partial charge in [-0.2, -0.15) is 0 Å². The number of hydrogen-bond donors (Lipinski definition) is 1. The quantitative estimate of drug-likeness (QED) is 0.512. The fraction of sp³-hybridized carbons (Fsp3) is 0.208. The molecule has 0 fully saturated rings. The number of fused-ring (bicyclic) bond motifs is 3. The standard InChI is InChI=1S/C24H23BrN2O3S/c1-3-16-8-7-9-17(4-2)24(16)26-23(28)15-27-21-13-12-18(25)14-20(21)19-10-5-6-11-22(19)31(27,29)30/h5-14H,3-4,15H2,1-2H3,(H,26,28). The molecule has 0 aromatic heterocycles. The molecule has 3 aromatic carbocycles. The van der Waals surface area contributed by atoms with E-state index in [1.165, 1.54) is 4.31 Å². The van der Waals surface area contributed by atoms with Crippen molar-refractivity contribution in [2.24, 2.45) is 0 Å². The highest BCUT2D eigenvalue weighted by molar-refractivity contribution is 9.10. The second kappa shape index (κ2) is 8.48. The molecule has 1 heterocycles. The first-order chi connectivity index (χ1) is 14.9. The SMILES string of the molecule is CCc1cccc(CC)c1NC(=O)CN1c2ccc(Br)cc2-c2ccccc2S1(=O)=O. The van der Waals surface area contributed by atoms with Gasteiger partial charge in [-0.25, -0.2) is 8.42 Å². The first-order valence-corrected chi connectivity index (χ1v) is 12.4. The van der Waals surface area contributed by atoms with Crippen LogP contribution in [0.25, 0.3) is 11.1 Å². The van der Waals surface area contributed by atoms with Gasteiger partial charge >= 0.3 is 0 Å². The second-order valence-corrected chi connectivity index (χ2v) is 10.1. The van der Waals surface area contributed by atoms with Crippen molar-refractivity contribution >= 4 is 43.2 Å². The van der Waals surface area contributed by atoms with Crippen LogP contribution in [0.15, 0.2) is 70.0 Å². The van der Waals surface area contributed by atoms with Crippen LogP contribution in [0.1, 0.15) is 25.0 Å². The molecule has 0 saturated carbocycles. The summed E-state index contributed by atoms with van der Waals surface area (Å²) >= 11 is 3.47. The fourth-order valence-electron chi connectivity index (χ4n) is 3.99. The van der Waals surface area contributed by atoms with Crippen LogP contribution in [0.3, 0.4) is 0 Å². The number of carbonyl (C=O) groups is 1. The van der Waals surface area contributed by atoms with Crippen LogP contribution < -0.4 is 9.62 Å². The highest BCUT2D eigenvalue weighted by Crippen LogP contribution is 2.43. The smallest absolute Gasteiger partial charge is 0.265 e. The van der Waals surface area contributed by atoms with Crippen molar-refractivity contribution in [1.29, 1.82) is 0 Å². The van der Waals surface area contributed by atoms with Gasteiger partial charge in [0.15, 0.2) is 0 Å². The minimum Gasteiger partial charge on any atom is -0.324 e. The van der Waals surface area contributed by atoms with Crippen LogP contribution in [-0.2, 0) is 27.7 Å². The molecular weight excluding hydrogens is 476 g/mol. The highest BCUT2D eigenvalue weighted by Gasteiger charge is 2.36. The van der Waals surface area contributed by atoms with Crippen LogP contribution in [0, 0.1) is 0 Å². The summed E-state index contributed by atoms with van der Waals surface area (Å²) in [7, 11) is -3.87. The average molecular weight is 499 g/mol. The fourth-order valence-corrected chi connectivity index (χ4v) is 6.00. The van der Waals surface area contributed by atoms with Crippen LogP contribution in [0.4, 0.5) is 11.4 Å². The molecule has 4 rings (SSSR count). The Morgan fingerprint density at radius 2 is 1.61 bits per heavy atom. The Kier molecular flexibility index (Phi) is 5.90. The molecule has 1 N–H and O–H groups in total. The summed E-state index contributed by atoms with van der Waals surface area (Å²) < 4.78 is 28.9. The number of nitrogens with zero attached hydrogens (tertiary/aromatic N) is 1. The Bertz CT molecular complexity index is 1250. The number of rotatable bonds is 5. The summed E-state index contributed by atoms with van der Waals surface area (Å²) in [6.45, 7) is 3.77. The lowest BCUT2D eigenvalue weighted by molar-refractivity contribution is -0.114. The van der Waals surface area contributed by atoms with E-state index in [1.54, 1.807) is 30.3 Å². The maximum absolute atomic E-state index is 13.4. The Morgan fingerprint density at radius 3 is 2.29 bits per heavy atom.